The molecule has 1 aromatic heterocycles. The normalized spacial score (nSPS) is 13.1. The van der Waals surface area contributed by atoms with Crippen LogP contribution in [0, 0.1) is 6.92 Å². The first kappa shape index (κ1) is 13.2. The Morgan fingerprint density at radius 1 is 1.44 bits per heavy atom. The molecule has 0 fully saturated rings. The van der Waals surface area contributed by atoms with E-state index in [4.69, 9.17) is 5.73 Å². The number of aryl methyl sites for hydroxylation is 1. The third-order valence-electron chi connectivity index (χ3n) is 2.58. The maximum Gasteiger partial charge on any atom is 0.148 e. The summed E-state index contributed by atoms with van der Waals surface area (Å²) in [7, 11) is 0. The first-order chi connectivity index (χ1) is 7.47. The molecule has 0 amide bonds. The second kappa shape index (κ2) is 5.48. The molecule has 0 aromatic carbocycles. The van der Waals surface area contributed by atoms with Gasteiger partial charge in [-0.15, -0.1) is 0 Å². The number of hydrogen-bond acceptors (Lipinski definition) is 4. The number of hydrogen-bond donors (Lipinski definition) is 2. The number of rotatable bonds is 5. The van der Waals surface area contributed by atoms with Crippen LogP contribution in [0.1, 0.15) is 32.5 Å². The molecule has 0 aliphatic heterocycles. The molecule has 0 spiro atoms. The first-order valence-electron chi connectivity index (χ1n) is 5.58. The maximum atomic E-state index is 6.02. The zero-order valence-electron chi connectivity index (χ0n) is 10.7. The molecule has 0 saturated carbocycles. The Hall–Kier alpha value is -0.840. The lowest BCUT2D eigenvalue weighted by Crippen LogP contribution is -2.17. The highest BCUT2D eigenvalue weighted by Gasteiger charge is 2.14. The van der Waals surface area contributed by atoms with Crippen molar-refractivity contribution in [3.8, 4) is 0 Å². The maximum absolute atomic E-state index is 6.02. The minimum absolute atomic E-state index is 0.322. The van der Waals surface area contributed by atoms with Gasteiger partial charge in [0.05, 0.1) is 11.4 Å². The van der Waals surface area contributed by atoms with Crippen LogP contribution in [-0.2, 0) is 0 Å². The van der Waals surface area contributed by atoms with Gasteiger partial charge >= 0.3 is 0 Å². The molecular weight excluding hydrogens is 220 g/mol. The van der Waals surface area contributed by atoms with Gasteiger partial charge in [-0.2, -0.15) is 16.9 Å². The summed E-state index contributed by atoms with van der Waals surface area (Å²) in [6, 6.07) is 0.322. The number of anilines is 2. The van der Waals surface area contributed by atoms with Crippen LogP contribution in [-0.4, -0.2) is 27.8 Å². The van der Waals surface area contributed by atoms with Crippen molar-refractivity contribution in [2.45, 2.75) is 39.0 Å². The lowest BCUT2D eigenvalue weighted by molar-refractivity contribution is 0.534. The van der Waals surface area contributed by atoms with Crippen LogP contribution in [0.2, 0.25) is 0 Å². The standard InChI is InChI=1S/C11H22N4S/c1-7(2)15-11(10(12)9(4)14-15)13-6-8(3)16-5/h7-8,13H,6,12H2,1-5H3. The molecule has 1 unspecified atom stereocenters. The van der Waals surface area contributed by atoms with Crippen molar-refractivity contribution >= 4 is 23.3 Å². The van der Waals surface area contributed by atoms with Gasteiger partial charge in [0.15, 0.2) is 0 Å². The molecule has 4 nitrogen and oxygen atoms in total. The van der Waals surface area contributed by atoms with Crippen molar-refractivity contribution in [3.05, 3.63) is 5.69 Å². The molecule has 92 valence electrons. The Labute approximate surface area is 102 Å². The van der Waals surface area contributed by atoms with Crippen molar-refractivity contribution in [2.24, 2.45) is 0 Å². The fraction of sp³-hybridized carbons (Fsp3) is 0.727. The SMILES string of the molecule is CSC(C)CNc1c(N)c(C)nn1C(C)C. The quantitative estimate of drug-likeness (QED) is 0.833. The van der Waals surface area contributed by atoms with E-state index in [0.29, 0.717) is 11.3 Å². The van der Waals surface area contributed by atoms with E-state index in [2.05, 4.69) is 37.4 Å². The highest BCUT2D eigenvalue weighted by atomic mass is 32.2. The summed E-state index contributed by atoms with van der Waals surface area (Å²) in [6.07, 6.45) is 2.11. The lowest BCUT2D eigenvalue weighted by atomic mass is 10.3. The number of nitrogens with two attached hydrogens (primary N) is 1. The zero-order valence-corrected chi connectivity index (χ0v) is 11.6. The van der Waals surface area contributed by atoms with Crippen LogP contribution in [0.3, 0.4) is 0 Å². The Kier molecular flexibility index (Phi) is 4.53. The topological polar surface area (TPSA) is 55.9 Å². The largest absolute Gasteiger partial charge is 0.394 e. The summed E-state index contributed by atoms with van der Waals surface area (Å²) >= 11 is 1.84. The van der Waals surface area contributed by atoms with E-state index in [0.717, 1.165) is 23.7 Å². The van der Waals surface area contributed by atoms with Gasteiger partial charge in [-0.1, -0.05) is 6.92 Å². The van der Waals surface area contributed by atoms with Crippen LogP contribution >= 0.6 is 11.8 Å². The smallest absolute Gasteiger partial charge is 0.148 e. The molecule has 1 atom stereocenters. The van der Waals surface area contributed by atoms with Crippen molar-refractivity contribution in [3.63, 3.8) is 0 Å². The van der Waals surface area contributed by atoms with E-state index in [-0.39, 0.29) is 0 Å². The van der Waals surface area contributed by atoms with E-state index in [1.807, 2.05) is 23.4 Å². The Balaban J connectivity index is 2.85. The van der Waals surface area contributed by atoms with Gasteiger partial charge in [-0.05, 0) is 27.0 Å². The molecule has 0 saturated heterocycles. The number of nitrogens with zero attached hydrogens (tertiary/aromatic N) is 2. The molecule has 1 aromatic rings. The van der Waals surface area contributed by atoms with Crippen LogP contribution in [0.15, 0.2) is 0 Å². The summed E-state index contributed by atoms with van der Waals surface area (Å²) < 4.78 is 1.96. The molecule has 1 rings (SSSR count). The number of thioether (sulfide) groups is 1. The van der Waals surface area contributed by atoms with E-state index in [9.17, 15) is 0 Å². The van der Waals surface area contributed by atoms with E-state index in [1.165, 1.54) is 0 Å². The van der Waals surface area contributed by atoms with Gasteiger partial charge in [-0.25, -0.2) is 4.68 Å². The first-order valence-corrected chi connectivity index (χ1v) is 6.87. The Bertz CT molecular complexity index is 346. The summed E-state index contributed by atoms with van der Waals surface area (Å²) in [5.41, 5.74) is 7.68. The van der Waals surface area contributed by atoms with Crippen molar-refractivity contribution in [1.29, 1.82) is 0 Å². The van der Waals surface area contributed by atoms with E-state index >= 15 is 0 Å². The molecule has 0 aliphatic rings. The van der Waals surface area contributed by atoms with Gasteiger partial charge in [-0.3, -0.25) is 0 Å². The molecule has 3 N–H and O–H groups in total. The van der Waals surface area contributed by atoms with Crippen LogP contribution < -0.4 is 11.1 Å². The van der Waals surface area contributed by atoms with Gasteiger partial charge < -0.3 is 11.1 Å². The van der Waals surface area contributed by atoms with Gasteiger partial charge in [0.1, 0.15) is 5.82 Å². The summed E-state index contributed by atoms with van der Waals surface area (Å²) in [5, 5.41) is 8.39. The van der Waals surface area contributed by atoms with E-state index < -0.39 is 0 Å². The summed E-state index contributed by atoms with van der Waals surface area (Å²) in [5.74, 6) is 0.952. The highest BCUT2D eigenvalue weighted by molar-refractivity contribution is 7.99. The van der Waals surface area contributed by atoms with Crippen molar-refractivity contribution in [1.82, 2.24) is 9.78 Å². The molecule has 0 radical (unpaired) electrons. The molecule has 16 heavy (non-hydrogen) atoms. The predicted molar refractivity (Wildman–Crippen MR) is 73.2 cm³/mol. The van der Waals surface area contributed by atoms with Gasteiger partial charge in [0.2, 0.25) is 0 Å². The van der Waals surface area contributed by atoms with Crippen molar-refractivity contribution < 1.29 is 0 Å². The van der Waals surface area contributed by atoms with Crippen LogP contribution in [0.5, 0.6) is 0 Å². The molecule has 0 bridgehead atoms. The van der Waals surface area contributed by atoms with Crippen molar-refractivity contribution in [2.75, 3.05) is 23.9 Å². The molecular formula is C11H22N4S. The Morgan fingerprint density at radius 2 is 2.06 bits per heavy atom. The summed E-state index contributed by atoms with van der Waals surface area (Å²) in [6.45, 7) is 9.25. The fourth-order valence-electron chi connectivity index (χ4n) is 1.43. The molecule has 1 heterocycles. The minimum Gasteiger partial charge on any atom is -0.394 e. The fourth-order valence-corrected chi connectivity index (χ4v) is 1.68. The number of aromatic nitrogens is 2. The second-order valence-electron chi connectivity index (χ2n) is 4.31. The third-order valence-corrected chi connectivity index (χ3v) is 3.55. The Morgan fingerprint density at radius 3 is 2.56 bits per heavy atom. The molecule has 5 heteroatoms. The predicted octanol–water partition coefficient (Wildman–Crippen LogP) is 2.52. The minimum atomic E-state index is 0.322. The highest BCUT2D eigenvalue weighted by Crippen LogP contribution is 2.25. The zero-order chi connectivity index (χ0) is 12.3. The molecule has 0 aliphatic carbocycles. The van der Waals surface area contributed by atoms with Gasteiger partial charge in [0.25, 0.3) is 0 Å². The monoisotopic (exact) mass is 242 g/mol. The second-order valence-corrected chi connectivity index (χ2v) is 5.59. The van der Waals surface area contributed by atoms with Crippen LogP contribution in [0.25, 0.3) is 0 Å². The number of nitrogens with one attached hydrogen (secondary N) is 1. The number of nitrogen functional groups attached to an aromatic ring is 1. The summed E-state index contributed by atoms with van der Waals surface area (Å²) in [4.78, 5) is 0. The third kappa shape index (κ3) is 2.84. The average molecular weight is 242 g/mol. The van der Waals surface area contributed by atoms with Gasteiger partial charge in [0, 0.05) is 17.8 Å². The van der Waals surface area contributed by atoms with Crippen LogP contribution in [0.4, 0.5) is 11.5 Å². The van der Waals surface area contributed by atoms with E-state index in [1.54, 1.807) is 0 Å². The lowest BCUT2D eigenvalue weighted by Gasteiger charge is -2.15. The average Bonchev–Trinajstić information content (AvgIpc) is 2.53.